The van der Waals surface area contributed by atoms with Crippen LogP contribution in [0.3, 0.4) is 0 Å². The average Bonchev–Trinajstić information content (AvgIpc) is 2.33. The van der Waals surface area contributed by atoms with Crippen molar-refractivity contribution < 1.29 is 13.2 Å². The van der Waals surface area contributed by atoms with Crippen molar-refractivity contribution in [3.8, 4) is 11.8 Å². The Morgan fingerprint density at radius 1 is 1.28 bits per heavy atom. The van der Waals surface area contributed by atoms with Gasteiger partial charge >= 0.3 is 6.18 Å². The van der Waals surface area contributed by atoms with Gasteiger partial charge in [0.05, 0.1) is 5.56 Å². The van der Waals surface area contributed by atoms with Crippen molar-refractivity contribution in [2.24, 2.45) is 0 Å². The van der Waals surface area contributed by atoms with Gasteiger partial charge in [0.1, 0.15) is 0 Å². The lowest BCUT2D eigenvalue weighted by Crippen LogP contribution is -2.22. The number of alkyl halides is 3. The topological polar surface area (TPSA) is 12.0 Å². The molecule has 1 atom stereocenters. The van der Waals surface area contributed by atoms with Gasteiger partial charge in [-0.1, -0.05) is 18.2 Å². The molecular weight excluding hydrogens is 239 g/mol. The van der Waals surface area contributed by atoms with Gasteiger partial charge in [-0.15, -0.1) is 11.8 Å². The van der Waals surface area contributed by atoms with Crippen LogP contribution in [0.4, 0.5) is 13.2 Å². The molecule has 0 spiro atoms. The van der Waals surface area contributed by atoms with Crippen molar-refractivity contribution in [3.05, 3.63) is 35.4 Å². The molecule has 0 bridgehead atoms. The monoisotopic (exact) mass is 255 g/mol. The van der Waals surface area contributed by atoms with E-state index in [1.165, 1.54) is 12.1 Å². The first-order valence-electron chi connectivity index (χ1n) is 5.76. The highest BCUT2D eigenvalue weighted by atomic mass is 19.4. The molecule has 0 saturated carbocycles. The maximum Gasteiger partial charge on any atom is 0.416 e. The van der Waals surface area contributed by atoms with Gasteiger partial charge in [-0.25, -0.2) is 0 Å². The Morgan fingerprint density at radius 3 is 2.56 bits per heavy atom. The number of halogens is 3. The van der Waals surface area contributed by atoms with Gasteiger partial charge < -0.3 is 5.32 Å². The fourth-order valence-electron chi connectivity index (χ4n) is 1.72. The van der Waals surface area contributed by atoms with Crippen molar-refractivity contribution in [1.82, 2.24) is 5.32 Å². The Morgan fingerprint density at radius 2 is 1.94 bits per heavy atom. The van der Waals surface area contributed by atoms with E-state index in [1.807, 2.05) is 0 Å². The zero-order chi connectivity index (χ0) is 13.6. The van der Waals surface area contributed by atoms with Crippen LogP contribution in [-0.2, 0) is 6.18 Å². The van der Waals surface area contributed by atoms with Crippen LogP contribution >= 0.6 is 0 Å². The zero-order valence-corrected chi connectivity index (χ0v) is 10.4. The van der Waals surface area contributed by atoms with E-state index < -0.39 is 11.7 Å². The molecule has 1 N–H and O–H groups in total. The molecule has 0 heterocycles. The Hall–Kier alpha value is -1.47. The molecule has 1 aromatic carbocycles. The molecule has 1 nitrogen and oxygen atoms in total. The Labute approximate surface area is 105 Å². The minimum atomic E-state index is -4.31. The van der Waals surface area contributed by atoms with E-state index in [0.29, 0.717) is 13.0 Å². The summed E-state index contributed by atoms with van der Waals surface area (Å²) in [5.41, 5.74) is -0.305. The molecule has 1 unspecified atom stereocenters. The van der Waals surface area contributed by atoms with Crippen LogP contribution in [0.15, 0.2) is 24.3 Å². The molecule has 0 amide bonds. The number of hydrogen-bond acceptors (Lipinski definition) is 1. The van der Waals surface area contributed by atoms with Crippen LogP contribution in [0.1, 0.15) is 37.4 Å². The first-order valence-corrected chi connectivity index (χ1v) is 5.76. The van der Waals surface area contributed by atoms with Gasteiger partial charge in [-0.05, 0) is 25.5 Å². The predicted octanol–water partition coefficient (Wildman–Crippen LogP) is 3.77. The Balaban J connectivity index is 2.78. The van der Waals surface area contributed by atoms with Crippen LogP contribution in [0, 0.1) is 11.8 Å². The lowest BCUT2D eigenvalue weighted by atomic mass is 10.0. The fourth-order valence-corrected chi connectivity index (χ4v) is 1.72. The van der Waals surface area contributed by atoms with E-state index in [4.69, 9.17) is 0 Å². The van der Waals surface area contributed by atoms with Gasteiger partial charge in [-0.2, -0.15) is 13.2 Å². The van der Waals surface area contributed by atoms with Crippen molar-refractivity contribution in [2.75, 3.05) is 6.54 Å². The first kappa shape index (κ1) is 14.6. The molecule has 18 heavy (non-hydrogen) atoms. The fraction of sp³-hybridized carbons (Fsp3) is 0.429. The molecule has 0 aliphatic rings. The van der Waals surface area contributed by atoms with E-state index in [-0.39, 0.29) is 11.6 Å². The highest BCUT2D eigenvalue weighted by molar-refractivity contribution is 5.32. The number of rotatable bonds is 4. The van der Waals surface area contributed by atoms with Crippen molar-refractivity contribution in [3.63, 3.8) is 0 Å². The molecule has 98 valence electrons. The minimum absolute atomic E-state index is 0.273. The van der Waals surface area contributed by atoms with Crippen molar-refractivity contribution >= 4 is 0 Å². The van der Waals surface area contributed by atoms with E-state index in [1.54, 1.807) is 19.9 Å². The van der Waals surface area contributed by atoms with Crippen LogP contribution < -0.4 is 5.32 Å². The summed E-state index contributed by atoms with van der Waals surface area (Å²) in [5, 5.41) is 3.04. The van der Waals surface area contributed by atoms with E-state index >= 15 is 0 Å². The lowest BCUT2D eigenvalue weighted by Gasteiger charge is -2.19. The van der Waals surface area contributed by atoms with Crippen molar-refractivity contribution in [1.29, 1.82) is 0 Å². The van der Waals surface area contributed by atoms with Gasteiger partial charge in [0, 0.05) is 19.0 Å². The molecule has 0 aromatic heterocycles. The van der Waals surface area contributed by atoms with Crippen LogP contribution in [0.25, 0.3) is 0 Å². The molecule has 1 aromatic rings. The second-order valence-corrected chi connectivity index (χ2v) is 3.94. The Kier molecular flexibility index (Phi) is 5.24. The summed E-state index contributed by atoms with van der Waals surface area (Å²) in [6, 6.07) is 5.29. The van der Waals surface area contributed by atoms with Gasteiger partial charge in [0.15, 0.2) is 0 Å². The largest absolute Gasteiger partial charge is 0.416 e. The summed E-state index contributed by atoms with van der Waals surface area (Å²) in [7, 11) is 0. The molecule has 0 saturated heterocycles. The van der Waals surface area contributed by atoms with E-state index in [9.17, 15) is 13.2 Å². The average molecular weight is 255 g/mol. The zero-order valence-electron chi connectivity index (χ0n) is 10.4. The first-order chi connectivity index (χ1) is 8.46. The van der Waals surface area contributed by atoms with Gasteiger partial charge in [0.2, 0.25) is 0 Å². The van der Waals surface area contributed by atoms with Gasteiger partial charge in [-0.3, -0.25) is 0 Å². The van der Waals surface area contributed by atoms with Crippen LogP contribution in [0.2, 0.25) is 0 Å². The number of hydrogen-bond donors (Lipinski definition) is 1. The molecule has 0 aliphatic heterocycles. The summed E-state index contributed by atoms with van der Waals surface area (Å²) in [4.78, 5) is 0. The third kappa shape index (κ3) is 4.08. The molecule has 1 rings (SSSR count). The Bertz CT molecular complexity index is 440. The highest BCUT2D eigenvalue weighted by Crippen LogP contribution is 2.34. The standard InChI is InChI=1S/C14H16F3N/c1-3-4-7-10-18-11(2)12-8-5-6-9-13(12)14(15,16)17/h5-6,8-9,11,18H,7,10H2,1-2H3. The molecule has 0 fully saturated rings. The summed E-state index contributed by atoms with van der Waals surface area (Å²) < 4.78 is 38.4. The quantitative estimate of drug-likeness (QED) is 0.638. The van der Waals surface area contributed by atoms with Crippen LogP contribution in [0.5, 0.6) is 0 Å². The molecule has 0 radical (unpaired) electrons. The third-order valence-corrected chi connectivity index (χ3v) is 2.61. The molecular formula is C14H16F3N. The van der Waals surface area contributed by atoms with Crippen molar-refractivity contribution in [2.45, 2.75) is 32.5 Å². The maximum absolute atomic E-state index is 12.8. The molecule has 4 heteroatoms. The highest BCUT2D eigenvalue weighted by Gasteiger charge is 2.33. The van der Waals surface area contributed by atoms with Crippen LogP contribution in [-0.4, -0.2) is 6.54 Å². The second-order valence-electron chi connectivity index (χ2n) is 3.94. The second kappa shape index (κ2) is 6.46. The minimum Gasteiger partial charge on any atom is -0.309 e. The normalized spacial score (nSPS) is 12.7. The third-order valence-electron chi connectivity index (χ3n) is 2.61. The number of benzene rings is 1. The van der Waals surface area contributed by atoms with E-state index in [0.717, 1.165) is 6.07 Å². The smallest absolute Gasteiger partial charge is 0.309 e. The molecule has 0 aliphatic carbocycles. The predicted molar refractivity (Wildman–Crippen MR) is 65.9 cm³/mol. The summed E-state index contributed by atoms with van der Waals surface area (Å²) in [6.45, 7) is 4.04. The maximum atomic E-state index is 12.8. The van der Waals surface area contributed by atoms with E-state index in [2.05, 4.69) is 17.2 Å². The number of nitrogens with one attached hydrogen (secondary N) is 1. The SMILES string of the molecule is CC#CCCNC(C)c1ccccc1C(F)(F)F. The summed E-state index contributed by atoms with van der Waals surface area (Å²) >= 11 is 0. The summed E-state index contributed by atoms with van der Waals surface area (Å²) in [6.07, 6.45) is -3.68. The lowest BCUT2D eigenvalue weighted by molar-refractivity contribution is -0.138. The summed E-state index contributed by atoms with van der Waals surface area (Å²) in [5.74, 6) is 5.61. The van der Waals surface area contributed by atoms with Gasteiger partial charge in [0.25, 0.3) is 0 Å².